The van der Waals surface area contributed by atoms with Crippen LogP contribution in [0.1, 0.15) is 15.4 Å². The quantitative estimate of drug-likeness (QED) is 0.678. The first-order valence-electron chi connectivity index (χ1n) is 3.72. The molecular weight excluding hydrogens is 184 g/mol. The van der Waals surface area contributed by atoms with Gasteiger partial charge in [0.25, 0.3) is 0 Å². The van der Waals surface area contributed by atoms with Crippen LogP contribution < -0.4 is 0 Å². The molecule has 0 aliphatic rings. The monoisotopic (exact) mass is 190 g/mol. The Morgan fingerprint density at radius 1 is 1.38 bits per heavy atom. The number of aromatic nitrogens is 2. The van der Waals surface area contributed by atoms with Crippen molar-refractivity contribution in [3.05, 3.63) is 46.7 Å². The molecule has 4 heteroatoms. The van der Waals surface area contributed by atoms with Gasteiger partial charge < -0.3 is 0 Å². The summed E-state index contributed by atoms with van der Waals surface area (Å²) in [5.41, 5.74) is 2.10. The van der Waals surface area contributed by atoms with E-state index in [1.165, 1.54) is 11.3 Å². The number of nitrogens with zero attached hydrogens (tertiary/aromatic N) is 2. The predicted molar refractivity (Wildman–Crippen MR) is 49.8 cm³/mol. The molecule has 13 heavy (non-hydrogen) atoms. The number of carbonyl (C=O) groups is 1. The van der Waals surface area contributed by atoms with Crippen molar-refractivity contribution in [2.45, 2.75) is 0 Å². The van der Waals surface area contributed by atoms with E-state index in [2.05, 4.69) is 9.97 Å². The molecule has 2 heterocycles. The first-order chi connectivity index (χ1) is 6.38. The van der Waals surface area contributed by atoms with Crippen LogP contribution in [0.3, 0.4) is 0 Å². The zero-order chi connectivity index (χ0) is 9.10. The van der Waals surface area contributed by atoms with Crippen LogP contribution in [-0.2, 0) is 0 Å². The fraction of sp³-hybridized carbons (Fsp3) is 0. The summed E-state index contributed by atoms with van der Waals surface area (Å²) in [6.45, 7) is 0. The van der Waals surface area contributed by atoms with E-state index < -0.39 is 0 Å². The second kappa shape index (κ2) is 3.45. The van der Waals surface area contributed by atoms with E-state index in [4.69, 9.17) is 0 Å². The highest BCUT2D eigenvalue weighted by Gasteiger charge is 2.10. The van der Waals surface area contributed by atoms with E-state index in [0.717, 1.165) is 0 Å². The third kappa shape index (κ3) is 1.62. The molecule has 0 amide bonds. The Balaban J connectivity index is 2.34. The van der Waals surface area contributed by atoms with Crippen molar-refractivity contribution in [3.63, 3.8) is 0 Å². The largest absolute Gasteiger partial charge is 0.286 e. The Hall–Kier alpha value is -1.55. The van der Waals surface area contributed by atoms with Gasteiger partial charge in [-0.05, 0) is 12.1 Å². The second-order valence-corrected chi connectivity index (χ2v) is 3.30. The van der Waals surface area contributed by atoms with E-state index in [9.17, 15) is 4.79 Å². The summed E-state index contributed by atoms with van der Waals surface area (Å²) in [5, 5.41) is 0. The summed E-state index contributed by atoms with van der Waals surface area (Å²) in [5.74, 6) is -0.0666. The fourth-order valence-electron chi connectivity index (χ4n) is 0.951. The maximum Gasteiger partial charge on any atom is 0.222 e. The second-order valence-electron chi connectivity index (χ2n) is 2.41. The van der Waals surface area contributed by atoms with Crippen LogP contribution in [0.4, 0.5) is 0 Å². The zero-order valence-corrected chi connectivity index (χ0v) is 7.49. The van der Waals surface area contributed by atoms with Crippen LogP contribution in [0.5, 0.6) is 0 Å². The summed E-state index contributed by atoms with van der Waals surface area (Å²) in [7, 11) is 0. The molecule has 2 rings (SSSR count). The smallest absolute Gasteiger partial charge is 0.222 e. The SMILES string of the molecule is O=C(c1ccccn1)c1cncs1. The third-order valence-electron chi connectivity index (χ3n) is 1.55. The highest BCUT2D eigenvalue weighted by atomic mass is 32.1. The third-order valence-corrected chi connectivity index (χ3v) is 2.33. The standard InChI is InChI=1S/C9H6N2OS/c12-9(8-5-10-6-13-8)7-3-1-2-4-11-7/h1-6H. The van der Waals surface area contributed by atoms with Crippen molar-refractivity contribution in [2.24, 2.45) is 0 Å². The summed E-state index contributed by atoms with van der Waals surface area (Å²) in [6.07, 6.45) is 3.16. The fourth-order valence-corrected chi connectivity index (χ4v) is 1.52. The summed E-state index contributed by atoms with van der Waals surface area (Å²) in [4.78, 5) is 20.0. The first kappa shape index (κ1) is 8.07. The van der Waals surface area contributed by atoms with Crippen LogP contribution >= 0.6 is 11.3 Å². The number of pyridine rings is 1. The molecule has 0 atom stereocenters. The lowest BCUT2D eigenvalue weighted by atomic mass is 10.2. The average Bonchev–Trinajstić information content (AvgIpc) is 2.71. The van der Waals surface area contributed by atoms with Crippen molar-refractivity contribution in [3.8, 4) is 0 Å². The molecule has 0 spiro atoms. The van der Waals surface area contributed by atoms with E-state index >= 15 is 0 Å². The highest BCUT2D eigenvalue weighted by molar-refractivity contribution is 7.11. The number of thiazole rings is 1. The van der Waals surface area contributed by atoms with Crippen LogP contribution in [0, 0.1) is 0 Å². The van der Waals surface area contributed by atoms with Crippen molar-refractivity contribution < 1.29 is 4.79 Å². The predicted octanol–water partition coefficient (Wildman–Crippen LogP) is 1.77. The molecule has 0 aliphatic heterocycles. The summed E-state index contributed by atoms with van der Waals surface area (Å²) < 4.78 is 0. The van der Waals surface area contributed by atoms with E-state index in [0.29, 0.717) is 10.6 Å². The van der Waals surface area contributed by atoms with E-state index in [-0.39, 0.29) is 5.78 Å². The van der Waals surface area contributed by atoms with Gasteiger partial charge in [-0.15, -0.1) is 11.3 Å². The van der Waals surface area contributed by atoms with Gasteiger partial charge in [0.05, 0.1) is 10.4 Å². The molecule has 0 aromatic carbocycles. The average molecular weight is 190 g/mol. The Morgan fingerprint density at radius 3 is 2.92 bits per heavy atom. The molecule has 0 aliphatic carbocycles. The minimum atomic E-state index is -0.0666. The van der Waals surface area contributed by atoms with Crippen LogP contribution in [0.25, 0.3) is 0 Å². The van der Waals surface area contributed by atoms with Crippen LogP contribution in [0.15, 0.2) is 36.1 Å². The normalized spacial score (nSPS) is 9.85. The number of ketones is 1. The number of rotatable bonds is 2. The van der Waals surface area contributed by atoms with E-state index in [1.54, 1.807) is 36.1 Å². The van der Waals surface area contributed by atoms with Gasteiger partial charge in [-0.2, -0.15) is 0 Å². The van der Waals surface area contributed by atoms with Crippen LogP contribution in [0.2, 0.25) is 0 Å². The lowest BCUT2D eigenvalue weighted by molar-refractivity contribution is 0.103. The molecule has 2 aromatic heterocycles. The number of carbonyl (C=O) groups excluding carboxylic acids is 1. The van der Waals surface area contributed by atoms with Gasteiger partial charge >= 0.3 is 0 Å². The molecular formula is C9H6N2OS. The van der Waals surface area contributed by atoms with Gasteiger partial charge in [-0.25, -0.2) is 0 Å². The lowest BCUT2D eigenvalue weighted by Crippen LogP contribution is -2.00. The lowest BCUT2D eigenvalue weighted by Gasteiger charge is -1.93. The minimum absolute atomic E-state index is 0.0666. The first-order valence-corrected chi connectivity index (χ1v) is 4.60. The maximum absolute atomic E-state index is 11.6. The van der Waals surface area contributed by atoms with Crippen molar-refractivity contribution in [1.29, 1.82) is 0 Å². The molecule has 64 valence electrons. The van der Waals surface area contributed by atoms with Crippen LogP contribution in [-0.4, -0.2) is 15.8 Å². The van der Waals surface area contributed by atoms with Gasteiger partial charge in [0.15, 0.2) is 0 Å². The molecule has 2 aromatic rings. The highest BCUT2D eigenvalue weighted by Crippen LogP contribution is 2.10. The Morgan fingerprint density at radius 2 is 2.31 bits per heavy atom. The van der Waals surface area contributed by atoms with Gasteiger partial charge in [0, 0.05) is 12.4 Å². The zero-order valence-electron chi connectivity index (χ0n) is 6.68. The molecule has 0 saturated heterocycles. The van der Waals surface area contributed by atoms with Crippen molar-refractivity contribution in [2.75, 3.05) is 0 Å². The Labute approximate surface area is 79.1 Å². The Bertz CT molecular complexity index is 397. The number of hydrogen-bond donors (Lipinski definition) is 0. The summed E-state index contributed by atoms with van der Waals surface area (Å²) >= 11 is 1.33. The van der Waals surface area contributed by atoms with Gasteiger partial charge in [0.2, 0.25) is 5.78 Å². The van der Waals surface area contributed by atoms with Crippen molar-refractivity contribution >= 4 is 17.1 Å². The Kier molecular flexibility index (Phi) is 2.14. The van der Waals surface area contributed by atoms with Gasteiger partial charge in [-0.1, -0.05) is 6.07 Å². The molecule has 0 fully saturated rings. The molecule has 0 saturated carbocycles. The molecule has 3 nitrogen and oxygen atoms in total. The number of hydrogen-bond acceptors (Lipinski definition) is 4. The molecule has 0 N–H and O–H groups in total. The topological polar surface area (TPSA) is 42.9 Å². The van der Waals surface area contributed by atoms with Gasteiger partial charge in [-0.3, -0.25) is 14.8 Å². The van der Waals surface area contributed by atoms with E-state index in [1.807, 2.05) is 0 Å². The molecule has 0 unspecified atom stereocenters. The maximum atomic E-state index is 11.6. The molecule has 0 bridgehead atoms. The molecule has 0 radical (unpaired) electrons. The van der Waals surface area contributed by atoms with Crippen molar-refractivity contribution in [1.82, 2.24) is 9.97 Å². The van der Waals surface area contributed by atoms with Gasteiger partial charge in [0.1, 0.15) is 5.69 Å². The minimum Gasteiger partial charge on any atom is -0.286 e. The summed E-state index contributed by atoms with van der Waals surface area (Å²) in [6, 6.07) is 5.27.